The zero-order valence-corrected chi connectivity index (χ0v) is 13.2. The van der Waals surface area contributed by atoms with Crippen LogP contribution in [0.2, 0.25) is 0 Å². The molecule has 18 heavy (non-hydrogen) atoms. The summed E-state index contributed by atoms with van der Waals surface area (Å²) in [7, 11) is -2.88. The van der Waals surface area contributed by atoms with Crippen molar-refractivity contribution in [2.45, 2.75) is 26.3 Å². The van der Waals surface area contributed by atoms with Crippen molar-refractivity contribution in [2.75, 3.05) is 18.1 Å². The molecule has 3 nitrogen and oxygen atoms in total. The SMILES string of the molecule is CCC(NCCS(=O)(=O)CC)c1ccc(Br)cc1. The first kappa shape index (κ1) is 15.7. The van der Waals surface area contributed by atoms with Gasteiger partial charge in [0.05, 0.1) is 5.75 Å². The molecule has 0 spiro atoms. The molecule has 1 N–H and O–H groups in total. The highest BCUT2D eigenvalue weighted by molar-refractivity contribution is 9.10. The number of hydrogen-bond acceptors (Lipinski definition) is 3. The molecule has 0 radical (unpaired) electrons. The molecule has 0 aliphatic carbocycles. The lowest BCUT2D eigenvalue weighted by atomic mass is 10.1. The predicted molar refractivity (Wildman–Crippen MR) is 79.5 cm³/mol. The van der Waals surface area contributed by atoms with Gasteiger partial charge in [0.1, 0.15) is 0 Å². The van der Waals surface area contributed by atoms with E-state index in [1.165, 1.54) is 5.56 Å². The molecule has 0 aromatic heterocycles. The maximum absolute atomic E-state index is 11.4. The van der Waals surface area contributed by atoms with Gasteiger partial charge < -0.3 is 5.32 Å². The van der Waals surface area contributed by atoms with E-state index in [2.05, 4.69) is 40.3 Å². The highest BCUT2D eigenvalue weighted by Crippen LogP contribution is 2.19. The molecule has 1 aromatic rings. The standard InChI is InChI=1S/C13H20BrNO2S/c1-3-13(11-5-7-12(14)8-6-11)15-9-10-18(16,17)4-2/h5-8,13,15H,3-4,9-10H2,1-2H3. The lowest BCUT2D eigenvalue weighted by Crippen LogP contribution is -2.27. The second kappa shape index (κ2) is 7.26. The normalized spacial score (nSPS) is 13.5. The van der Waals surface area contributed by atoms with E-state index >= 15 is 0 Å². The van der Waals surface area contributed by atoms with Crippen LogP contribution in [-0.2, 0) is 9.84 Å². The van der Waals surface area contributed by atoms with Crippen LogP contribution >= 0.6 is 15.9 Å². The van der Waals surface area contributed by atoms with E-state index in [0.29, 0.717) is 6.54 Å². The first-order chi connectivity index (χ1) is 8.48. The van der Waals surface area contributed by atoms with Crippen LogP contribution in [-0.4, -0.2) is 26.5 Å². The molecule has 1 rings (SSSR count). The van der Waals surface area contributed by atoms with E-state index in [1.54, 1.807) is 6.92 Å². The number of hydrogen-bond donors (Lipinski definition) is 1. The maximum Gasteiger partial charge on any atom is 0.151 e. The van der Waals surface area contributed by atoms with Crippen LogP contribution in [0.15, 0.2) is 28.7 Å². The van der Waals surface area contributed by atoms with Crippen molar-refractivity contribution in [1.29, 1.82) is 0 Å². The summed E-state index contributed by atoms with van der Waals surface area (Å²) in [4.78, 5) is 0. The fourth-order valence-corrected chi connectivity index (χ4v) is 2.71. The third-order valence-corrected chi connectivity index (χ3v) is 5.16. The Bertz CT molecular complexity index is 456. The smallest absolute Gasteiger partial charge is 0.151 e. The number of rotatable bonds is 7. The number of nitrogens with one attached hydrogen (secondary N) is 1. The molecule has 102 valence electrons. The number of benzene rings is 1. The highest BCUT2D eigenvalue weighted by atomic mass is 79.9. The second-order valence-corrected chi connectivity index (χ2v) is 7.59. The summed E-state index contributed by atoms with van der Waals surface area (Å²) in [6.07, 6.45) is 0.938. The van der Waals surface area contributed by atoms with Crippen LogP contribution in [0.4, 0.5) is 0 Å². The summed E-state index contributed by atoms with van der Waals surface area (Å²) >= 11 is 3.40. The first-order valence-corrected chi connectivity index (χ1v) is 8.79. The quantitative estimate of drug-likeness (QED) is 0.834. The molecule has 5 heteroatoms. The summed E-state index contributed by atoms with van der Waals surface area (Å²) in [5.41, 5.74) is 1.19. The van der Waals surface area contributed by atoms with Crippen molar-refractivity contribution in [3.63, 3.8) is 0 Å². The Hall–Kier alpha value is -0.390. The van der Waals surface area contributed by atoms with E-state index in [4.69, 9.17) is 0 Å². The number of sulfone groups is 1. The van der Waals surface area contributed by atoms with Crippen LogP contribution in [0.25, 0.3) is 0 Å². The lowest BCUT2D eigenvalue weighted by molar-refractivity contribution is 0.531. The van der Waals surface area contributed by atoms with E-state index in [-0.39, 0.29) is 17.5 Å². The topological polar surface area (TPSA) is 46.2 Å². The van der Waals surface area contributed by atoms with Crippen molar-refractivity contribution in [3.8, 4) is 0 Å². The summed E-state index contributed by atoms with van der Waals surface area (Å²) in [6, 6.07) is 8.33. The van der Waals surface area contributed by atoms with Gasteiger partial charge >= 0.3 is 0 Å². The monoisotopic (exact) mass is 333 g/mol. The van der Waals surface area contributed by atoms with Crippen molar-refractivity contribution in [3.05, 3.63) is 34.3 Å². The zero-order valence-electron chi connectivity index (χ0n) is 10.8. The van der Waals surface area contributed by atoms with Gasteiger partial charge in [-0.2, -0.15) is 0 Å². The third-order valence-electron chi connectivity index (χ3n) is 2.92. The molecule has 1 unspecified atom stereocenters. The minimum absolute atomic E-state index is 0.205. The molecule has 0 aliphatic rings. The maximum atomic E-state index is 11.4. The fraction of sp³-hybridized carbons (Fsp3) is 0.538. The average Bonchev–Trinajstić information content (AvgIpc) is 2.36. The van der Waals surface area contributed by atoms with Gasteiger partial charge in [-0.15, -0.1) is 0 Å². The second-order valence-electron chi connectivity index (χ2n) is 4.20. The number of halogens is 1. The van der Waals surface area contributed by atoms with Crippen molar-refractivity contribution in [2.24, 2.45) is 0 Å². The van der Waals surface area contributed by atoms with Gasteiger partial charge in [-0.1, -0.05) is 41.9 Å². The zero-order chi connectivity index (χ0) is 13.6. The summed E-state index contributed by atoms with van der Waals surface area (Å²) in [6.45, 7) is 4.28. The largest absolute Gasteiger partial charge is 0.309 e. The molecule has 1 aromatic carbocycles. The summed E-state index contributed by atoms with van der Waals surface area (Å²) < 4.78 is 23.9. The Labute approximate surface area is 118 Å². The predicted octanol–water partition coefficient (Wildman–Crippen LogP) is 2.92. The minimum Gasteiger partial charge on any atom is -0.309 e. The fourth-order valence-electron chi connectivity index (χ4n) is 1.73. The Balaban J connectivity index is 2.55. The lowest BCUT2D eigenvalue weighted by Gasteiger charge is -2.17. The van der Waals surface area contributed by atoms with Crippen LogP contribution in [0.3, 0.4) is 0 Å². The molecule has 0 bridgehead atoms. The summed E-state index contributed by atoms with van der Waals surface area (Å²) in [5, 5.41) is 3.30. The van der Waals surface area contributed by atoms with E-state index in [0.717, 1.165) is 10.9 Å². The van der Waals surface area contributed by atoms with Gasteiger partial charge in [0, 0.05) is 22.8 Å². The van der Waals surface area contributed by atoms with E-state index in [9.17, 15) is 8.42 Å². The van der Waals surface area contributed by atoms with Gasteiger partial charge in [-0.3, -0.25) is 0 Å². The summed E-state index contributed by atoms with van der Waals surface area (Å²) in [5.74, 6) is 0.417. The van der Waals surface area contributed by atoms with Crippen LogP contribution < -0.4 is 5.32 Å². The minimum atomic E-state index is -2.88. The Morgan fingerprint density at radius 2 is 1.83 bits per heavy atom. The van der Waals surface area contributed by atoms with Gasteiger partial charge in [0.15, 0.2) is 9.84 Å². The van der Waals surface area contributed by atoms with E-state index < -0.39 is 9.84 Å². The molecular formula is C13H20BrNO2S. The molecular weight excluding hydrogens is 314 g/mol. The van der Waals surface area contributed by atoms with Gasteiger partial charge in [0.25, 0.3) is 0 Å². The van der Waals surface area contributed by atoms with Gasteiger partial charge in [-0.25, -0.2) is 8.42 Å². The van der Waals surface area contributed by atoms with Crippen LogP contribution in [0, 0.1) is 0 Å². The average molecular weight is 334 g/mol. The molecule has 0 saturated heterocycles. The van der Waals surface area contributed by atoms with E-state index in [1.807, 2.05) is 12.1 Å². The molecule has 0 aliphatic heterocycles. The Morgan fingerprint density at radius 3 is 2.33 bits per heavy atom. The molecule has 0 saturated carbocycles. The molecule has 0 fully saturated rings. The van der Waals surface area contributed by atoms with Gasteiger partial charge in [-0.05, 0) is 24.1 Å². The van der Waals surface area contributed by atoms with Gasteiger partial charge in [0.2, 0.25) is 0 Å². The Kier molecular flexibility index (Phi) is 6.32. The van der Waals surface area contributed by atoms with Crippen LogP contribution in [0.1, 0.15) is 31.9 Å². The molecule has 0 amide bonds. The molecule has 1 atom stereocenters. The van der Waals surface area contributed by atoms with Crippen molar-refractivity contribution >= 4 is 25.8 Å². The van der Waals surface area contributed by atoms with Crippen LogP contribution in [0.5, 0.6) is 0 Å². The third kappa shape index (κ3) is 5.08. The van der Waals surface area contributed by atoms with Crippen molar-refractivity contribution < 1.29 is 8.42 Å². The van der Waals surface area contributed by atoms with Crippen molar-refractivity contribution in [1.82, 2.24) is 5.32 Å². The molecule has 0 heterocycles. The Morgan fingerprint density at radius 1 is 1.22 bits per heavy atom. The highest BCUT2D eigenvalue weighted by Gasteiger charge is 2.11. The first-order valence-electron chi connectivity index (χ1n) is 6.17.